The molecule has 7 heteroatoms. The normalized spacial score (nSPS) is 12.9. The van der Waals surface area contributed by atoms with Gasteiger partial charge in [0.1, 0.15) is 5.76 Å². The Morgan fingerprint density at radius 1 is 1.13 bits per heavy atom. The molecule has 0 radical (unpaired) electrons. The summed E-state index contributed by atoms with van der Waals surface area (Å²) in [6, 6.07) is 17.7. The van der Waals surface area contributed by atoms with Gasteiger partial charge in [-0.15, -0.1) is 0 Å². The van der Waals surface area contributed by atoms with Crippen LogP contribution in [0.2, 0.25) is 5.02 Å². The number of amides is 1. The Balaban J connectivity index is 1.60. The summed E-state index contributed by atoms with van der Waals surface area (Å²) in [6.07, 6.45) is 0.900. The maximum atomic E-state index is 12.9. The van der Waals surface area contributed by atoms with E-state index in [-0.39, 0.29) is 5.91 Å². The minimum Gasteiger partial charge on any atom is -0.361 e. The number of carbonyl (C=O) groups is 1. The Kier molecular flexibility index (Phi) is 4.87. The Hall–Kier alpha value is -3.38. The average molecular weight is 433 g/mol. The molecule has 2 aromatic carbocycles. The van der Waals surface area contributed by atoms with Crippen molar-refractivity contribution in [3.8, 4) is 16.9 Å². The number of rotatable bonds is 4. The van der Waals surface area contributed by atoms with Gasteiger partial charge in [0.2, 0.25) is 0 Å². The molecule has 156 valence electrons. The van der Waals surface area contributed by atoms with E-state index in [4.69, 9.17) is 21.2 Å². The second-order valence-electron chi connectivity index (χ2n) is 7.66. The molecule has 0 aliphatic carbocycles. The highest BCUT2D eigenvalue weighted by Gasteiger charge is 2.33. The van der Waals surface area contributed by atoms with Crippen LogP contribution in [0.15, 0.2) is 59.1 Å². The molecule has 1 aliphatic rings. The lowest BCUT2D eigenvalue weighted by Crippen LogP contribution is -2.26. The Morgan fingerprint density at radius 2 is 1.90 bits per heavy atom. The lowest BCUT2D eigenvalue weighted by atomic mass is 10.1. The lowest BCUT2D eigenvalue weighted by Gasteiger charge is -2.17. The highest BCUT2D eigenvalue weighted by atomic mass is 35.5. The molecule has 0 bridgehead atoms. The monoisotopic (exact) mass is 432 g/mol. The van der Waals surface area contributed by atoms with Gasteiger partial charge in [0.15, 0.2) is 5.69 Å². The second-order valence-corrected chi connectivity index (χ2v) is 8.10. The van der Waals surface area contributed by atoms with Crippen LogP contribution < -0.4 is 0 Å². The predicted octanol–water partition coefficient (Wildman–Crippen LogP) is 5.21. The van der Waals surface area contributed by atoms with Gasteiger partial charge in [-0.05, 0) is 37.1 Å². The van der Waals surface area contributed by atoms with E-state index in [9.17, 15) is 4.79 Å². The molecule has 5 rings (SSSR count). The first-order chi connectivity index (χ1) is 15.0. The standard InChI is InChI=1S/C24H21ClN4O2/c1-3-16-6-4-5-7-22(16)29-23(17-8-10-18(25)11-9-17)19-13-28(14-21(19)26-29)24(30)20-12-15(2)31-27-20/h4-12H,3,13-14H2,1-2H3. The van der Waals surface area contributed by atoms with Gasteiger partial charge in [-0.25, -0.2) is 4.68 Å². The van der Waals surface area contributed by atoms with Crippen molar-refractivity contribution < 1.29 is 9.32 Å². The SMILES string of the molecule is CCc1ccccc1-n1nc2c(c1-c1ccc(Cl)cc1)CN(C(=O)c1cc(C)on1)C2. The van der Waals surface area contributed by atoms with Crippen LogP contribution in [-0.4, -0.2) is 25.7 Å². The highest BCUT2D eigenvalue weighted by Crippen LogP contribution is 2.36. The molecule has 6 nitrogen and oxygen atoms in total. The number of benzene rings is 2. The van der Waals surface area contributed by atoms with Gasteiger partial charge in [0.25, 0.3) is 5.91 Å². The summed E-state index contributed by atoms with van der Waals surface area (Å²) >= 11 is 6.14. The van der Waals surface area contributed by atoms with Crippen molar-refractivity contribution in [1.82, 2.24) is 19.8 Å². The van der Waals surface area contributed by atoms with Gasteiger partial charge in [-0.3, -0.25) is 4.79 Å². The van der Waals surface area contributed by atoms with Gasteiger partial charge in [0.05, 0.1) is 30.2 Å². The van der Waals surface area contributed by atoms with Crippen molar-refractivity contribution in [3.63, 3.8) is 0 Å². The van der Waals surface area contributed by atoms with Gasteiger partial charge in [0, 0.05) is 22.2 Å². The van der Waals surface area contributed by atoms with Crippen LogP contribution in [0.5, 0.6) is 0 Å². The molecule has 3 heterocycles. The van der Waals surface area contributed by atoms with Crippen molar-refractivity contribution in [1.29, 1.82) is 0 Å². The number of aromatic nitrogens is 3. The Bertz CT molecular complexity index is 1270. The quantitative estimate of drug-likeness (QED) is 0.444. The summed E-state index contributed by atoms with van der Waals surface area (Å²) in [7, 11) is 0. The van der Waals surface area contributed by atoms with E-state index in [1.165, 1.54) is 5.56 Å². The average Bonchev–Trinajstić information content (AvgIpc) is 3.48. The van der Waals surface area contributed by atoms with Crippen LogP contribution in [0.25, 0.3) is 16.9 Å². The zero-order valence-electron chi connectivity index (χ0n) is 17.3. The van der Waals surface area contributed by atoms with Crippen molar-refractivity contribution in [3.05, 3.63) is 87.9 Å². The van der Waals surface area contributed by atoms with Crippen LogP contribution in [0.4, 0.5) is 0 Å². The fraction of sp³-hybridized carbons (Fsp3) is 0.208. The van der Waals surface area contributed by atoms with Crippen molar-refractivity contribution in [2.75, 3.05) is 0 Å². The van der Waals surface area contributed by atoms with E-state index in [0.29, 0.717) is 29.6 Å². The minimum atomic E-state index is -0.155. The van der Waals surface area contributed by atoms with Gasteiger partial charge in [-0.1, -0.05) is 54.0 Å². The lowest BCUT2D eigenvalue weighted by molar-refractivity contribution is 0.0739. The Labute approximate surface area is 185 Å². The number of aryl methyl sites for hydroxylation is 2. The molecule has 0 spiro atoms. The molecule has 0 saturated carbocycles. The predicted molar refractivity (Wildman–Crippen MR) is 118 cm³/mol. The summed E-state index contributed by atoms with van der Waals surface area (Å²) in [4.78, 5) is 14.7. The molecule has 31 heavy (non-hydrogen) atoms. The van der Waals surface area contributed by atoms with E-state index in [0.717, 1.165) is 34.6 Å². The molecule has 0 unspecified atom stereocenters. The van der Waals surface area contributed by atoms with Crippen LogP contribution in [0.3, 0.4) is 0 Å². The minimum absolute atomic E-state index is 0.155. The zero-order valence-corrected chi connectivity index (χ0v) is 18.1. The smallest absolute Gasteiger partial charge is 0.276 e. The third-order valence-electron chi connectivity index (χ3n) is 5.61. The van der Waals surface area contributed by atoms with Crippen molar-refractivity contribution in [2.24, 2.45) is 0 Å². The number of halogens is 1. The molecule has 2 aromatic heterocycles. The van der Waals surface area contributed by atoms with Crippen LogP contribution in [0.1, 0.15) is 40.0 Å². The van der Waals surface area contributed by atoms with E-state index in [2.05, 4.69) is 24.2 Å². The summed E-state index contributed by atoms with van der Waals surface area (Å²) < 4.78 is 7.09. The third-order valence-corrected chi connectivity index (χ3v) is 5.86. The first kappa shape index (κ1) is 19.6. The first-order valence-electron chi connectivity index (χ1n) is 10.2. The largest absolute Gasteiger partial charge is 0.361 e. The molecular formula is C24H21ClN4O2. The van der Waals surface area contributed by atoms with E-state index in [1.807, 2.05) is 41.1 Å². The highest BCUT2D eigenvalue weighted by molar-refractivity contribution is 6.30. The van der Waals surface area contributed by atoms with Crippen LogP contribution in [0, 0.1) is 6.92 Å². The summed E-state index contributed by atoms with van der Waals surface area (Å²) in [6.45, 7) is 4.81. The summed E-state index contributed by atoms with van der Waals surface area (Å²) in [5, 5.41) is 9.50. The second kappa shape index (κ2) is 7.71. The number of fused-ring (bicyclic) bond motifs is 1. The summed E-state index contributed by atoms with van der Waals surface area (Å²) in [5.41, 5.74) is 6.51. The third kappa shape index (κ3) is 3.43. The van der Waals surface area contributed by atoms with Crippen LogP contribution >= 0.6 is 11.6 Å². The maximum Gasteiger partial charge on any atom is 0.276 e. The molecule has 1 amide bonds. The maximum absolute atomic E-state index is 12.9. The van der Waals surface area contributed by atoms with E-state index >= 15 is 0 Å². The molecule has 0 saturated heterocycles. The van der Waals surface area contributed by atoms with Crippen LogP contribution in [-0.2, 0) is 19.5 Å². The molecule has 4 aromatic rings. The first-order valence-corrected chi connectivity index (χ1v) is 10.6. The van der Waals surface area contributed by atoms with Crippen molar-refractivity contribution in [2.45, 2.75) is 33.4 Å². The topological polar surface area (TPSA) is 64.2 Å². The molecule has 0 fully saturated rings. The van der Waals surface area contributed by atoms with Gasteiger partial charge < -0.3 is 9.42 Å². The molecule has 1 aliphatic heterocycles. The summed E-state index contributed by atoms with van der Waals surface area (Å²) in [5.74, 6) is 0.459. The number of hydrogen-bond acceptors (Lipinski definition) is 4. The fourth-order valence-corrected chi connectivity index (χ4v) is 4.21. The van der Waals surface area contributed by atoms with Crippen molar-refractivity contribution >= 4 is 17.5 Å². The zero-order chi connectivity index (χ0) is 21.5. The Morgan fingerprint density at radius 3 is 2.61 bits per heavy atom. The fourth-order valence-electron chi connectivity index (χ4n) is 4.08. The molecule has 0 N–H and O–H groups in total. The molecule has 0 atom stereocenters. The number of carbonyl (C=O) groups excluding carboxylic acids is 1. The number of hydrogen-bond donors (Lipinski definition) is 0. The van der Waals surface area contributed by atoms with E-state index in [1.54, 1.807) is 17.9 Å². The van der Waals surface area contributed by atoms with E-state index < -0.39 is 0 Å². The van der Waals surface area contributed by atoms with Gasteiger partial charge in [-0.2, -0.15) is 5.10 Å². The number of para-hydroxylation sites is 1. The van der Waals surface area contributed by atoms with Gasteiger partial charge >= 0.3 is 0 Å². The molecular weight excluding hydrogens is 412 g/mol. The number of nitrogens with zero attached hydrogens (tertiary/aromatic N) is 4.